The van der Waals surface area contributed by atoms with Crippen LogP contribution >= 0.6 is 22.6 Å². The lowest BCUT2D eigenvalue weighted by Gasteiger charge is -2.03. The summed E-state index contributed by atoms with van der Waals surface area (Å²) in [6.07, 6.45) is 1.69. The molecule has 3 aromatic carbocycles. The lowest BCUT2D eigenvalue weighted by Crippen LogP contribution is -1.87. The van der Waals surface area contributed by atoms with Gasteiger partial charge in [0.15, 0.2) is 0 Å². The topological polar surface area (TPSA) is 61.3 Å². The van der Waals surface area contributed by atoms with Crippen LogP contribution in [0.1, 0.15) is 11.1 Å². The smallest absolute Gasteiger partial charge is 0.138 e. The molecule has 26 heavy (non-hydrogen) atoms. The fourth-order valence-electron chi connectivity index (χ4n) is 2.81. The van der Waals surface area contributed by atoms with E-state index >= 15 is 0 Å². The highest BCUT2D eigenvalue weighted by molar-refractivity contribution is 14.1. The van der Waals surface area contributed by atoms with Gasteiger partial charge in [0.25, 0.3) is 0 Å². The number of aryl methyl sites for hydroxylation is 1. The number of benzene rings is 3. The minimum Gasteiger partial charge on any atom is -0.506 e. The number of H-pyrrole nitrogens is 1. The average Bonchev–Trinajstić information content (AvgIpc) is 3.07. The van der Waals surface area contributed by atoms with Crippen LogP contribution in [0.5, 0.6) is 5.75 Å². The molecule has 0 saturated heterocycles. The van der Waals surface area contributed by atoms with Gasteiger partial charge in [-0.1, -0.05) is 30.3 Å². The Bertz CT molecular complexity index is 1120. The van der Waals surface area contributed by atoms with Crippen molar-refractivity contribution in [2.24, 2.45) is 4.99 Å². The molecule has 0 fully saturated rings. The van der Waals surface area contributed by atoms with Crippen LogP contribution in [0.25, 0.3) is 22.4 Å². The fraction of sp³-hybridized carbons (Fsp3) is 0.0476. The van der Waals surface area contributed by atoms with Crippen LogP contribution in [-0.4, -0.2) is 21.3 Å². The van der Waals surface area contributed by atoms with E-state index in [0.29, 0.717) is 5.56 Å². The first-order valence-electron chi connectivity index (χ1n) is 8.18. The molecular formula is C21H16IN3O. The predicted molar refractivity (Wildman–Crippen MR) is 114 cm³/mol. The molecule has 0 aliphatic heterocycles. The molecule has 0 radical (unpaired) electrons. The Hall–Kier alpha value is -2.67. The first-order valence-corrected chi connectivity index (χ1v) is 9.26. The van der Waals surface area contributed by atoms with Gasteiger partial charge in [-0.2, -0.15) is 0 Å². The molecule has 4 aromatic rings. The van der Waals surface area contributed by atoms with Crippen LogP contribution < -0.4 is 0 Å². The first-order chi connectivity index (χ1) is 12.6. The molecule has 0 bridgehead atoms. The van der Waals surface area contributed by atoms with Gasteiger partial charge in [-0.15, -0.1) is 0 Å². The van der Waals surface area contributed by atoms with Gasteiger partial charge in [-0.05, 0) is 65.4 Å². The van der Waals surface area contributed by atoms with Crippen LogP contribution in [0, 0.1) is 10.5 Å². The highest BCUT2D eigenvalue weighted by Crippen LogP contribution is 2.27. The van der Waals surface area contributed by atoms with E-state index in [1.54, 1.807) is 6.21 Å². The van der Waals surface area contributed by atoms with Crippen LogP contribution in [0.4, 0.5) is 5.69 Å². The number of halogens is 1. The van der Waals surface area contributed by atoms with Crippen molar-refractivity contribution in [3.05, 3.63) is 75.4 Å². The number of aliphatic imine (C=N–C) groups is 1. The number of aromatic hydroxyl groups is 1. The van der Waals surface area contributed by atoms with Crippen LogP contribution in [0.3, 0.4) is 0 Å². The summed E-state index contributed by atoms with van der Waals surface area (Å²) < 4.78 is 0.820. The van der Waals surface area contributed by atoms with E-state index in [9.17, 15) is 5.11 Å². The number of phenolic OH excluding ortho intramolecular Hbond substituents is 1. The number of hydrogen-bond donors (Lipinski definition) is 2. The van der Waals surface area contributed by atoms with Gasteiger partial charge in [0, 0.05) is 17.3 Å². The second-order valence-corrected chi connectivity index (χ2v) is 7.26. The summed E-state index contributed by atoms with van der Waals surface area (Å²) in [5.41, 5.74) is 5.48. The molecule has 0 aliphatic rings. The SMILES string of the molecule is Cc1cc(I)c(O)c(C=Nc2ccc3nc(-c4ccccc4)[nH]c3c2)c1. The summed E-state index contributed by atoms with van der Waals surface area (Å²) in [4.78, 5) is 12.5. The van der Waals surface area contributed by atoms with E-state index in [0.717, 1.165) is 37.2 Å². The first kappa shape index (κ1) is 16.8. The lowest BCUT2D eigenvalue weighted by atomic mass is 10.1. The van der Waals surface area contributed by atoms with Crippen molar-refractivity contribution < 1.29 is 5.11 Å². The standard InChI is InChI=1S/C21H16IN3O/c1-13-9-15(20(26)17(22)10-13)12-23-16-7-8-18-19(11-16)25-21(24-18)14-5-3-2-4-6-14/h2-12,26H,1H3,(H,24,25). The van der Waals surface area contributed by atoms with Gasteiger partial charge in [-0.3, -0.25) is 4.99 Å². The van der Waals surface area contributed by atoms with Gasteiger partial charge in [0.1, 0.15) is 11.6 Å². The summed E-state index contributed by atoms with van der Waals surface area (Å²) in [6.45, 7) is 2.00. The van der Waals surface area contributed by atoms with E-state index in [-0.39, 0.29) is 5.75 Å². The quantitative estimate of drug-likeness (QED) is 0.314. The molecule has 0 aliphatic carbocycles. The van der Waals surface area contributed by atoms with Crippen LogP contribution in [0.15, 0.2) is 65.7 Å². The summed E-state index contributed by atoms with van der Waals surface area (Å²) in [5.74, 6) is 1.10. The molecule has 1 heterocycles. The van der Waals surface area contributed by atoms with Gasteiger partial charge in [0.2, 0.25) is 0 Å². The maximum atomic E-state index is 10.2. The fourth-order valence-corrected chi connectivity index (χ4v) is 3.62. The van der Waals surface area contributed by atoms with E-state index in [1.165, 1.54) is 0 Å². The number of aromatic nitrogens is 2. The Morgan fingerprint density at radius 3 is 2.69 bits per heavy atom. The van der Waals surface area contributed by atoms with Gasteiger partial charge in [-0.25, -0.2) is 4.98 Å². The predicted octanol–water partition coefficient (Wildman–Crippen LogP) is 5.60. The third kappa shape index (κ3) is 3.35. The number of aromatic amines is 1. The van der Waals surface area contributed by atoms with E-state index in [4.69, 9.17) is 0 Å². The molecule has 1 aromatic heterocycles. The molecule has 4 nitrogen and oxygen atoms in total. The number of fused-ring (bicyclic) bond motifs is 1. The summed E-state index contributed by atoms with van der Waals surface area (Å²) >= 11 is 2.12. The molecule has 0 spiro atoms. The molecular weight excluding hydrogens is 437 g/mol. The lowest BCUT2D eigenvalue weighted by molar-refractivity contribution is 0.470. The summed E-state index contributed by atoms with van der Waals surface area (Å²) in [6, 6.07) is 19.7. The van der Waals surface area contributed by atoms with E-state index in [1.807, 2.05) is 67.6 Å². The van der Waals surface area contributed by atoms with Gasteiger partial charge < -0.3 is 10.1 Å². The molecule has 128 valence electrons. The number of phenols is 1. The third-order valence-electron chi connectivity index (χ3n) is 4.10. The van der Waals surface area contributed by atoms with E-state index in [2.05, 4.69) is 37.6 Å². The Labute approximate surface area is 164 Å². The van der Waals surface area contributed by atoms with Crippen LogP contribution in [-0.2, 0) is 0 Å². The largest absolute Gasteiger partial charge is 0.506 e. The average molecular weight is 453 g/mol. The van der Waals surface area contributed by atoms with Gasteiger partial charge in [0.05, 0.1) is 20.3 Å². The van der Waals surface area contributed by atoms with Gasteiger partial charge >= 0.3 is 0 Å². The van der Waals surface area contributed by atoms with Crippen molar-refractivity contribution >= 4 is 45.5 Å². The Morgan fingerprint density at radius 1 is 1.08 bits per heavy atom. The monoisotopic (exact) mass is 453 g/mol. The zero-order valence-electron chi connectivity index (χ0n) is 14.1. The number of nitrogens with zero attached hydrogens (tertiary/aromatic N) is 2. The highest BCUT2D eigenvalue weighted by Gasteiger charge is 2.07. The molecule has 0 atom stereocenters. The number of nitrogens with one attached hydrogen (secondary N) is 1. The zero-order valence-corrected chi connectivity index (χ0v) is 16.2. The number of hydrogen-bond acceptors (Lipinski definition) is 3. The Balaban J connectivity index is 1.68. The van der Waals surface area contributed by atoms with Crippen molar-refractivity contribution in [1.29, 1.82) is 0 Å². The number of rotatable bonds is 3. The van der Waals surface area contributed by atoms with Crippen LogP contribution in [0.2, 0.25) is 0 Å². The third-order valence-corrected chi connectivity index (χ3v) is 4.92. The molecule has 2 N–H and O–H groups in total. The maximum Gasteiger partial charge on any atom is 0.138 e. The van der Waals surface area contributed by atoms with Crippen molar-refractivity contribution in [3.63, 3.8) is 0 Å². The van der Waals surface area contributed by atoms with Crippen molar-refractivity contribution in [1.82, 2.24) is 9.97 Å². The van der Waals surface area contributed by atoms with Crippen molar-refractivity contribution in [2.45, 2.75) is 6.92 Å². The Kier molecular flexibility index (Phi) is 4.46. The Morgan fingerprint density at radius 2 is 1.88 bits per heavy atom. The minimum atomic E-state index is 0.258. The summed E-state index contributed by atoms with van der Waals surface area (Å²) in [5, 5.41) is 10.2. The molecule has 0 amide bonds. The van der Waals surface area contributed by atoms with E-state index < -0.39 is 0 Å². The second-order valence-electron chi connectivity index (χ2n) is 6.10. The van der Waals surface area contributed by atoms with Crippen molar-refractivity contribution in [2.75, 3.05) is 0 Å². The van der Waals surface area contributed by atoms with Crippen molar-refractivity contribution in [3.8, 4) is 17.1 Å². The minimum absolute atomic E-state index is 0.258. The molecule has 0 unspecified atom stereocenters. The normalized spacial score (nSPS) is 11.5. The zero-order chi connectivity index (χ0) is 18.1. The maximum absolute atomic E-state index is 10.2. The molecule has 0 saturated carbocycles. The second kappa shape index (κ2) is 6.92. The highest BCUT2D eigenvalue weighted by atomic mass is 127. The molecule has 4 rings (SSSR count). The summed E-state index contributed by atoms with van der Waals surface area (Å²) in [7, 11) is 0. The number of imidazole rings is 1. The molecule has 5 heteroatoms.